The van der Waals surface area contributed by atoms with Crippen LogP contribution < -0.4 is 5.46 Å². The van der Waals surface area contributed by atoms with Gasteiger partial charge in [0.25, 0.3) is 0 Å². The average Bonchev–Trinajstić information content (AvgIpc) is 2.83. The van der Waals surface area contributed by atoms with Gasteiger partial charge in [-0.15, -0.1) is 0 Å². The Balaban J connectivity index is 1.95. The van der Waals surface area contributed by atoms with Crippen LogP contribution in [0.4, 0.5) is 0 Å². The molecule has 0 bridgehead atoms. The van der Waals surface area contributed by atoms with E-state index >= 15 is 0 Å². The predicted octanol–water partition coefficient (Wildman–Crippen LogP) is 2.57. The van der Waals surface area contributed by atoms with Gasteiger partial charge in [-0.05, 0) is 45.3 Å². The molecule has 0 fully saturated rings. The van der Waals surface area contributed by atoms with E-state index < -0.39 is 18.3 Å². The largest absolute Gasteiger partial charge is 0.491 e. The molecule has 0 aliphatic heterocycles. The van der Waals surface area contributed by atoms with Gasteiger partial charge in [-0.1, -0.05) is 30.3 Å². The van der Waals surface area contributed by atoms with Crippen molar-refractivity contribution in [1.29, 1.82) is 0 Å². The number of nitrogens with one attached hydrogen (secondary N) is 1. The fourth-order valence-electron chi connectivity index (χ4n) is 2.52. The molecule has 5 heteroatoms. The average molecular weight is 311 g/mol. The second-order valence-electron chi connectivity index (χ2n) is 7.02. The van der Waals surface area contributed by atoms with Gasteiger partial charge in [0.15, 0.2) is 0 Å². The fourth-order valence-corrected chi connectivity index (χ4v) is 2.52. The minimum absolute atomic E-state index is 0.654. The Hall–Kier alpha value is -1.82. The highest BCUT2D eigenvalue weighted by molar-refractivity contribution is 6.60. The number of H-pyrrole nitrogens is 1. The maximum atomic E-state index is 10.4. The lowest BCUT2D eigenvalue weighted by Gasteiger charge is -2.38. The third-order valence-electron chi connectivity index (χ3n) is 4.69. The number of fused-ring (bicyclic) bond motifs is 3. The standard InChI is InChI=1S/C18H22BNO3/c1-17(2,21)18(3,4)23-19(22)12-9-10-14-13-7-5-6-8-15(13)20-16(14)11-12/h5-11,20-22H,1-4H3. The zero-order valence-electron chi connectivity index (χ0n) is 13.9. The summed E-state index contributed by atoms with van der Waals surface area (Å²) in [6, 6.07) is 13.8. The molecule has 1 heterocycles. The van der Waals surface area contributed by atoms with Crippen molar-refractivity contribution in [1.82, 2.24) is 4.98 Å². The van der Waals surface area contributed by atoms with E-state index in [0.717, 1.165) is 21.8 Å². The zero-order valence-corrected chi connectivity index (χ0v) is 13.9. The summed E-state index contributed by atoms with van der Waals surface area (Å²) in [5.41, 5.74) is 0.710. The Morgan fingerprint density at radius 1 is 0.957 bits per heavy atom. The number of benzene rings is 2. The summed E-state index contributed by atoms with van der Waals surface area (Å²) in [6.07, 6.45) is 0. The highest BCUT2D eigenvalue weighted by Gasteiger charge is 2.39. The molecule has 0 amide bonds. The van der Waals surface area contributed by atoms with E-state index in [1.165, 1.54) is 0 Å². The van der Waals surface area contributed by atoms with Crippen molar-refractivity contribution in [2.75, 3.05) is 0 Å². The Bertz CT molecular complexity index is 848. The van der Waals surface area contributed by atoms with E-state index in [0.29, 0.717) is 5.46 Å². The van der Waals surface area contributed by atoms with Crippen LogP contribution in [-0.4, -0.2) is 33.4 Å². The first-order valence-electron chi connectivity index (χ1n) is 7.78. The number of hydrogen-bond acceptors (Lipinski definition) is 3. The molecule has 0 radical (unpaired) electrons. The molecule has 0 saturated heterocycles. The van der Waals surface area contributed by atoms with Crippen LogP contribution in [0.25, 0.3) is 21.8 Å². The highest BCUT2D eigenvalue weighted by atomic mass is 16.5. The monoisotopic (exact) mass is 311 g/mol. The summed E-state index contributed by atoms with van der Waals surface area (Å²) in [7, 11) is -1.10. The van der Waals surface area contributed by atoms with Gasteiger partial charge >= 0.3 is 7.12 Å². The lowest BCUT2D eigenvalue weighted by molar-refractivity contribution is -0.0982. The predicted molar refractivity (Wildman–Crippen MR) is 94.9 cm³/mol. The van der Waals surface area contributed by atoms with Gasteiger partial charge in [0, 0.05) is 21.8 Å². The van der Waals surface area contributed by atoms with Crippen LogP contribution in [0.3, 0.4) is 0 Å². The van der Waals surface area contributed by atoms with Crippen LogP contribution >= 0.6 is 0 Å². The van der Waals surface area contributed by atoms with Crippen molar-refractivity contribution in [3.63, 3.8) is 0 Å². The number of rotatable bonds is 4. The molecule has 120 valence electrons. The molecule has 4 nitrogen and oxygen atoms in total. The molecule has 0 saturated carbocycles. The number of aromatic amines is 1. The summed E-state index contributed by atoms with van der Waals surface area (Å²) in [5.74, 6) is 0. The third kappa shape index (κ3) is 2.87. The smallest absolute Gasteiger partial charge is 0.423 e. The van der Waals surface area contributed by atoms with E-state index in [9.17, 15) is 10.1 Å². The van der Waals surface area contributed by atoms with E-state index in [1.54, 1.807) is 27.7 Å². The van der Waals surface area contributed by atoms with Crippen molar-refractivity contribution < 1.29 is 14.8 Å². The minimum Gasteiger partial charge on any atom is -0.423 e. The Kier molecular flexibility index (Phi) is 3.75. The van der Waals surface area contributed by atoms with Crippen molar-refractivity contribution in [2.45, 2.75) is 38.9 Å². The molecule has 2 aromatic carbocycles. The van der Waals surface area contributed by atoms with E-state index in [1.807, 2.05) is 36.4 Å². The van der Waals surface area contributed by atoms with E-state index in [-0.39, 0.29) is 0 Å². The first-order valence-corrected chi connectivity index (χ1v) is 7.78. The van der Waals surface area contributed by atoms with Crippen LogP contribution in [0, 0.1) is 0 Å². The molecule has 3 aromatic rings. The fraction of sp³-hybridized carbons (Fsp3) is 0.333. The second-order valence-corrected chi connectivity index (χ2v) is 7.02. The molecule has 3 rings (SSSR count). The van der Waals surface area contributed by atoms with Gasteiger partial charge in [-0.2, -0.15) is 0 Å². The lowest BCUT2D eigenvalue weighted by atomic mass is 9.76. The van der Waals surface area contributed by atoms with E-state index in [4.69, 9.17) is 4.65 Å². The highest BCUT2D eigenvalue weighted by Crippen LogP contribution is 2.27. The Morgan fingerprint density at radius 2 is 1.61 bits per heavy atom. The van der Waals surface area contributed by atoms with Crippen LogP contribution in [0.1, 0.15) is 27.7 Å². The quantitative estimate of drug-likeness (QED) is 0.649. The number of para-hydroxylation sites is 1. The topological polar surface area (TPSA) is 65.5 Å². The van der Waals surface area contributed by atoms with Gasteiger partial charge in [-0.25, -0.2) is 0 Å². The molecular weight excluding hydrogens is 289 g/mol. The van der Waals surface area contributed by atoms with E-state index in [2.05, 4.69) is 11.1 Å². The van der Waals surface area contributed by atoms with Gasteiger partial charge in [0.1, 0.15) is 0 Å². The van der Waals surface area contributed by atoms with Crippen LogP contribution in [0.15, 0.2) is 42.5 Å². The number of aromatic nitrogens is 1. The lowest BCUT2D eigenvalue weighted by Crippen LogP contribution is -2.53. The number of hydrogen-bond donors (Lipinski definition) is 3. The Labute approximate surface area is 136 Å². The first-order chi connectivity index (χ1) is 10.7. The molecule has 0 aliphatic carbocycles. The molecule has 1 aromatic heterocycles. The van der Waals surface area contributed by atoms with Gasteiger partial charge in [0.2, 0.25) is 0 Å². The molecular formula is C18H22BNO3. The van der Waals surface area contributed by atoms with Gasteiger partial charge in [0.05, 0.1) is 11.2 Å². The van der Waals surface area contributed by atoms with Crippen LogP contribution in [0.5, 0.6) is 0 Å². The SMILES string of the molecule is CC(C)(O)C(C)(C)OB(O)c1ccc2c(c1)[nH]c1ccccc12. The normalized spacial score (nSPS) is 13.0. The van der Waals surface area contributed by atoms with Crippen LogP contribution in [0.2, 0.25) is 0 Å². The maximum Gasteiger partial charge on any atom is 0.491 e. The molecule has 0 unspecified atom stereocenters. The van der Waals surface area contributed by atoms with Crippen molar-refractivity contribution in [3.8, 4) is 0 Å². The number of aliphatic hydroxyl groups is 1. The molecule has 23 heavy (non-hydrogen) atoms. The molecule has 0 spiro atoms. The summed E-state index contributed by atoms with van der Waals surface area (Å²) < 4.78 is 5.70. The van der Waals surface area contributed by atoms with Crippen LogP contribution in [-0.2, 0) is 4.65 Å². The minimum atomic E-state index is -1.10. The summed E-state index contributed by atoms with van der Waals surface area (Å²) in [4.78, 5) is 3.35. The van der Waals surface area contributed by atoms with Crippen molar-refractivity contribution in [2.24, 2.45) is 0 Å². The van der Waals surface area contributed by atoms with Crippen molar-refractivity contribution >= 4 is 34.4 Å². The zero-order chi connectivity index (χ0) is 16.8. The molecule has 3 N–H and O–H groups in total. The van der Waals surface area contributed by atoms with Crippen molar-refractivity contribution in [3.05, 3.63) is 42.5 Å². The summed E-state index contributed by atoms with van der Waals surface area (Å²) in [6.45, 7) is 6.86. The summed E-state index contributed by atoms with van der Waals surface area (Å²) in [5, 5.41) is 22.8. The first kappa shape index (κ1) is 16.1. The van der Waals surface area contributed by atoms with Gasteiger partial charge in [-0.3, -0.25) is 0 Å². The summed E-state index contributed by atoms with van der Waals surface area (Å²) >= 11 is 0. The molecule has 0 aliphatic rings. The second kappa shape index (κ2) is 5.37. The Morgan fingerprint density at radius 3 is 2.30 bits per heavy atom. The molecule has 0 atom stereocenters. The van der Waals surface area contributed by atoms with Gasteiger partial charge < -0.3 is 19.8 Å². The third-order valence-corrected chi connectivity index (χ3v) is 4.69. The maximum absolute atomic E-state index is 10.4.